The third-order valence-electron chi connectivity index (χ3n) is 3.43. The molecule has 7 heteroatoms. The number of nitrogens with two attached hydrogens (primary N) is 1. The SMILES string of the molecule is COc1cc(CN=C(N)NC(=O)c2ccccc2)cc(OC)c1OC. The fourth-order valence-corrected chi connectivity index (χ4v) is 2.22. The minimum atomic E-state index is -0.313. The van der Waals surface area contributed by atoms with E-state index in [0.29, 0.717) is 22.8 Å². The van der Waals surface area contributed by atoms with E-state index in [1.165, 1.54) is 7.11 Å². The molecule has 0 atom stereocenters. The van der Waals surface area contributed by atoms with E-state index in [0.717, 1.165) is 5.56 Å². The van der Waals surface area contributed by atoms with E-state index >= 15 is 0 Å². The smallest absolute Gasteiger partial charge is 0.257 e. The largest absolute Gasteiger partial charge is 0.493 e. The first kappa shape index (κ1) is 18.1. The summed E-state index contributed by atoms with van der Waals surface area (Å²) >= 11 is 0. The molecule has 2 aromatic rings. The number of hydrogen-bond donors (Lipinski definition) is 2. The van der Waals surface area contributed by atoms with Crippen LogP contribution in [0.5, 0.6) is 17.2 Å². The average Bonchev–Trinajstić information content (AvgIpc) is 2.65. The Kier molecular flexibility index (Phi) is 6.22. The number of nitrogens with one attached hydrogen (secondary N) is 1. The molecule has 1 amide bonds. The summed E-state index contributed by atoms with van der Waals surface area (Å²) in [7, 11) is 4.62. The molecule has 0 aromatic heterocycles. The molecule has 0 saturated heterocycles. The van der Waals surface area contributed by atoms with Crippen molar-refractivity contribution in [1.29, 1.82) is 0 Å². The number of hydrogen-bond acceptors (Lipinski definition) is 5. The van der Waals surface area contributed by atoms with E-state index < -0.39 is 0 Å². The Morgan fingerprint density at radius 2 is 1.64 bits per heavy atom. The predicted molar refractivity (Wildman–Crippen MR) is 95.3 cm³/mol. The van der Waals surface area contributed by atoms with Crippen molar-refractivity contribution in [2.45, 2.75) is 6.54 Å². The van der Waals surface area contributed by atoms with Crippen LogP contribution in [0.4, 0.5) is 0 Å². The first-order chi connectivity index (χ1) is 12.1. The van der Waals surface area contributed by atoms with Crippen LogP contribution in [0.15, 0.2) is 47.5 Å². The molecule has 0 heterocycles. The molecular formula is C18H21N3O4. The van der Waals surface area contributed by atoms with E-state index in [1.807, 2.05) is 6.07 Å². The number of carbonyl (C=O) groups excluding carboxylic acids is 1. The number of aliphatic imine (C=N–C) groups is 1. The number of benzene rings is 2. The van der Waals surface area contributed by atoms with Crippen molar-refractivity contribution < 1.29 is 19.0 Å². The minimum Gasteiger partial charge on any atom is -0.493 e. The summed E-state index contributed by atoms with van der Waals surface area (Å²) in [5.74, 6) is 1.27. The van der Waals surface area contributed by atoms with Gasteiger partial charge >= 0.3 is 0 Å². The highest BCUT2D eigenvalue weighted by Crippen LogP contribution is 2.38. The molecule has 0 aliphatic rings. The fourth-order valence-electron chi connectivity index (χ4n) is 2.22. The molecule has 0 unspecified atom stereocenters. The molecule has 132 valence electrons. The summed E-state index contributed by atoms with van der Waals surface area (Å²) < 4.78 is 15.9. The van der Waals surface area contributed by atoms with Gasteiger partial charge in [-0.15, -0.1) is 0 Å². The van der Waals surface area contributed by atoms with Crippen molar-refractivity contribution in [1.82, 2.24) is 5.32 Å². The molecule has 0 saturated carbocycles. The number of carbonyl (C=O) groups is 1. The van der Waals surface area contributed by atoms with Crippen LogP contribution in [0.25, 0.3) is 0 Å². The zero-order valence-electron chi connectivity index (χ0n) is 14.4. The van der Waals surface area contributed by atoms with Crippen molar-refractivity contribution in [2.24, 2.45) is 10.7 Å². The molecule has 0 aliphatic heterocycles. The van der Waals surface area contributed by atoms with Gasteiger partial charge in [-0.1, -0.05) is 18.2 Å². The number of nitrogens with zero attached hydrogens (tertiary/aromatic N) is 1. The van der Waals surface area contributed by atoms with Gasteiger partial charge in [0.05, 0.1) is 27.9 Å². The maximum atomic E-state index is 12.0. The standard InChI is InChI=1S/C18H21N3O4/c1-23-14-9-12(10-15(24-2)16(14)25-3)11-20-18(19)21-17(22)13-7-5-4-6-8-13/h4-10H,11H2,1-3H3,(H3,19,20,21,22). The maximum Gasteiger partial charge on any atom is 0.257 e. The number of amides is 1. The lowest BCUT2D eigenvalue weighted by Gasteiger charge is -2.13. The Labute approximate surface area is 146 Å². The van der Waals surface area contributed by atoms with Crippen LogP contribution in [0.1, 0.15) is 15.9 Å². The second-order valence-electron chi connectivity index (χ2n) is 5.06. The van der Waals surface area contributed by atoms with Crippen LogP contribution in [-0.2, 0) is 6.54 Å². The Hall–Kier alpha value is -3.22. The topological polar surface area (TPSA) is 95.2 Å². The molecule has 7 nitrogen and oxygen atoms in total. The normalized spacial score (nSPS) is 10.9. The van der Waals surface area contributed by atoms with Gasteiger partial charge in [-0.2, -0.15) is 0 Å². The number of guanidine groups is 1. The molecular weight excluding hydrogens is 322 g/mol. The van der Waals surface area contributed by atoms with Crippen molar-refractivity contribution in [3.05, 3.63) is 53.6 Å². The second-order valence-corrected chi connectivity index (χ2v) is 5.06. The second kappa shape index (κ2) is 8.58. The summed E-state index contributed by atoms with van der Waals surface area (Å²) in [6.07, 6.45) is 0. The van der Waals surface area contributed by atoms with Gasteiger partial charge in [0.2, 0.25) is 5.75 Å². The van der Waals surface area contributed by atoms with Crippen LogP contribution in [0.3, 0.4) is 0 Å². The highest BCUT2D eigenvalue weighted by atomic mass is 16.5. The fraction of sp³-hybridized carbons (Fsp3) is 0.222. The molecule has 3 N–H and O–H groups in total. The molecule has 0 aliphatic carbocycles. The van der Waals surface area contributed by atoms with Gasteiger partial charge in [0.1, 0.15) is 0 Å². The molecule has 0 spiro atoms. The highest BCUT2D eigenvalue weighted by molar-refractivity contribution is 6.05. The van der Waals surface area contributed by atoms with E-state index in [4.69, 9.17) is 19.9 Å². The summed E-state index contributed by atoms with van der Waals surface area (Å²) in [5, 5.41) is 2.55. The third kappa shape index (κ3) is 4.63. The third-order valence-corrected chi connectivity index (χ3v) is 3.43. The summed E-state index contributed by atoms with van der Waals surface area (Å²) in [4.78, 5) is 16.2. The Balaban J connectivity index is 2.11. The average molecular weight is 343 g/mol. The number of rotatable bonds is 6. The van der Waals surface area contributed by atoms with Gasteiger partial charge < -0.3 is 19.9 Å². The van der Waals surface area contributed by atoms with E-state index in [2.05, 4.69) is 10.3 Å². The zero-order valence-corrected chi connectivity index (χ0v) is 14.4. The van der Waals surface area contributed by atoms with Crippen LogP contribution in [0.2, 0.25) is 0 Å². The Bertz CT molecular complexity index is 735. The highest BCUT2D eigenvalue weighted by Gasteiger charge is 2.13. The molecule has 25 heavy (non-hydrogen) atoms. The lowest BCUT2D eigenvalue weighted by atomic mass is 10.2. The van der Waals surface area contributed by atoms with Gasteiger partial charge in [0.25, 0.3) is 5.91 Å². The number of methoxy groups -OCH3 is 3. The van der Waals surface area contributed by atoms with Crippen molar-refractivity contribution in [2.75, 3.05) is 21.3 Å². The molecule has 2 aromatic carbocycles. The Morgan fingerprint density at radius 3 is 2.16 bits per heavy atom. The van der Waals surface area contributed by atoms with Crippen LogP contribution >= 0.6 is 0 Å². The van der Waals surface area contributed by atoms with Crippen molar-refractivity contribution >= 4 is 11.9 Å². The van der Waals surface area contributed by atoms with Crippen LogP contribution < -0.4 is 25.3 Å². The lowest BCUT2D eigenvalue weighted by molar-refractivity contribution is 0.0976. The Morgan fingerprint density at radius 1 is 1.04 bits per heavy atom. The van der Waals surface area contributed by atoms with Crippen LogP contribution in [-0.4, -0.2) is 33.2 Å². The maximum absolute atomic E-state index is 12.0. The van der Waals surface area contributed by atoms with Crippen molar-refractivity contribution in [3.8, 4) is 17.2 Å². The lowest BCUT2D eigenvalue weighted by Crippen LogP contribution is -2.36. The molecule has 0 fully saturated rings. The zero-order chi connectivity index (χ0) is 18.2. The molecule has 2 rings (SSSR count). The predicted octanol–water partition coefficient (Wildman–Crippen LogP) is 1.96. The van der Waals surface area contributed by atoms with Gasteiger partial charge in [0.15, 0.2) is 17.5 Å². The van der Waals surface area contributed by atoms with Crippen molar-refractivity contribution in [3.63, 3.8) is 0 Å². The molecule has 0 radical (unpaired) electrons. The minimum absolute atomic E-state index is 0.0302. The van der Waals surface area contributed by atoms with E-state index in [-0.39, 0.29) is 18.4 Å². The first-order valence-electron chi connectivity index (χ1n) is 7.54. The quantitative estimate of drug-likeness (QED) is 0.617. The summed E-state index contributed by atoms with van der Waals surface area (Å²) in [5.41, 5.74) is 7.09. The van der Waals surface area contributed by atoms with E-state index in [9.17, 15) is 4.79 Å². The van der Waals surface area contributed by atoms with E-state index in [1.54, 1.807) is 50.6 Å². The summed E-state index contributed by atoms with van der Waals surface area (Å²) in [6, 6.07) is 12.3. The number of ether oxygens (including phenoxy) is 3. The van der Waals surface area contributed by atoms with Gasteiger partial charge in [-0.25, -0.2) is 4.99 Å². The monoisotopic (exact) mass is 343 g/mol. The molecule has 0 bridgehead atoms. The first-order valence-corrected chi connectivity index (χ1v) is 7.54. The van der Waals surface area contributed by atoms with Crippen LogP contribution in [0, 0.1) is 0 Å². The van der Waals surface area contributed by atoms with Gasteiger partial charge in [-0.05, 0) is 29.8 Å². The van der Waals surface area contributed by atoms with Gasteiger partial charge in [-0.3, -0.25) is 10.1 Å². The summed E-state index contributed by atoms with van der Waals surface area (Å²) in [6.45, 7) is 0.248. The van der Waals surface area contributed by atoms with Gasteiger partial charge in [0, 0.05) is 5.56 Å².